The van der Waals surface area contributed by atoms with E-state index in [2.05, 4.69) is 0 Å². The van der Waals surface area contributed by atoms with Crippen molar-refractivity contribution in [3.05, 3.63) is 77.1 Å². The summed E-state index contributed by atoms with van der Waals surface area (Å²) in [7, 11) is 3.27. The Morgan fingerprint density at radius 1 is 0.720 bits per heavy atom. The standard InChI is InChI=1S/C21H17NO3/c1-24-15-9-7-14(8-10-15)22-20-12-11-16(25-2)13-19(20)17-5-3-4-6-18(17)21(22)23/h3-13H,1-2H3. The molecule has 25 heavy (non-hydrogen) atoms. The predicted molar refractivity (Wildman–Crippen MR) is 100 cm³/mol. The number of hydrogen-bond donors (Lipinski definition) is 0. The summed E-state index contributed by atoms with van der Waals surface area (Å²) in [6.45, 7) is 0. The van der Waals surface area contributed by atoms with Gasteiger partial charge in [-0.1, -0.05) is 18.2 Å². The maximum Gasteiger partial charge on any atom is 0.263 e. The average molecular weight is 331 g/mol. The summed E-state index contributed by atoms with van der Waals surface area (Å²) < 4.78 is 12.3. The van der Waals surface area contributed by atoms with Crippen LogP contribution in [-0.2, 0) is 0 Å². The Kier molecular flexibility index (Phi) is 3.65. The van der Waals surface area contributed by atoms with E-state index in [1.54, 1.807) is 18.8 Å². The van der Waals surface area contributed by atoms with Gasteiger partial charge in [0.05, 0.1) is 19.7 Å². The third-order valence-corrected chi connectivity index (χ3v) is 4.43. The van der Waals surface area contributed by atoms with Crippen molar-refractivity contribution >= 4 is 21.7 Å². The molecule has 0 N–H and O–H groups in total. The maximum absolute atomic E-state index is 13.2. The van der Waals surface area contributed by atoms with Crippen molar-refractivity contribution < 1.29 is 9.47 Å². The molecule has 0 fully saturated rings. The second kappa shape index (κ2) is 5.98. The summed E-state index contributed by atoms with van der Waals surface area (Å²) >= 11 is 0. The van der Waals surface area contributed by atoms with Crippen LogP contribution < -0.4 is 15.0 Å². The van der Waals surface area contributed by atoms with Crippen molar-refractivity contribution in [1.82, 2.24) is 4.57 Å². The number of hydrogen-bond acceptors (Lipinski definition) is 3. The second-order valence-corrected chi connectivity index (χ2v) is 5.77. The smallest absolute Gasteiger partial charge is 0.263 e. The van der Waals surface area contributed by atoms with Crippen LogP contribution in [-0.4, -0.2) is 18.8 Å². The number of pyridine rings is 1. The highest BCUT2D eigenvalue weighted by molar-refractivity contribution is 6.06. The molecule has 0 atom stereocenters. The molecule has 0 spiro atoms. The lowest BCUT2D eigenvalue weighted by molar-refractivity contribution is 0.415. The fraction of sp³-hybridized carbons (Fsp3) is 0.0952. The minimum absolute atomic E-state index is 0.0431. The van der Waals surface area contributed by atoms with Crippen LogP contribution in [0.5, 0.6) is 11.5 Å². The Morgan fingerprint density at radius 2 is 1.36 bits per heavy atom. The van der Waals surface area contributed by atoms with Crippen molar-refractivity contribution in [3.63, 3.8) is 0 Å². The van der Waals surface area contributed by atoms with Crippen molar-refractivity contribution in [2.24, 2.45) is 0 Å². The maximum atomic E-state index is 13.2. The van der Waals surface area contributed by atoms with E-state index in [-0.39, 0.29) is 5.56 Å². The monoisotopic (exact) mass is 331 g/mol. The lowest BCUT2D eigenvalue weighted by Crippen LogP contribution is -2.19. The lowest BCUT2D eigenvalue weighted by atomic mass is 10.1. The summed E-state index contributed by atoms with van der Waals surface area (Å²) in [6.07, 6.45) is 0. The average Bonchev–Trinajstić information content (AvgIpc) is 2.68. The molecular weight excluding hydrogens is 314 g/mol. The van der Waals surface area contributed by atoms with Gasteiger partial charge in [-0.3, -0.25) is 9.36 Å². The van der Waals surface area contributed by atoms with Crippen molar-refractivity contribution in [2.45, 2.75) is 0 Å². The van der Waals surface area contributed by atoms with Crippen LogP contribution in [0.15, 0.2) is 71.5 Å². The van der Waals surface area contributed by atoms with Gasteiger partial charge >= 0.3 is 0 Å². The molecule has 4 aromatic rings. The van der Waals surface area contributed by atoms with Crippen LogP contribution in [0.3, 0.4) is 0 Å². The molecule has 4 rings (SSSR count). The molecule has 0 saturated heterocycles. The zero-order valence-corrected chi connectivity index (χ0v) is 14.0. The van der Waals surface area contributed by atoms with E-state index < -0.39 is 0 Å². The van der Waals surface area contributed by atoms with E-state index in [0.29, 0.717) is 5.39 Å². The van der Waals surface area contributed by atoms with Gasteiger partial charge in [-0.15, -0.1) is 0 Å². The molecule has 1 heterocycles. The number of fused-ring (bicyclic) bond motifs is 3. The largest absolute Gasteiger partial charge is 0.497 e. The molecule has 124 valence electrons. The quantitative estimate of drug-likeness (QED) is 0.529. The molecule has 4 nitrogen and oxygen atoms in total. The summed E-state index contributed by atoms with van der Waals surface area (Å²) in [4.78, 5) is 13.2. The van der Waals surface area contributed by atoms with E-state index in [1.165, 1.54) is 0 Å². The predicted octanol–water partition coefficient (Wildman–Crippen LogP) is 4.16. The van der Waals surface area contributed by atoms with Crippen molar-refractivity contribution in [3.8, 4) is 17.2 Å². The van der Waals surface area contributed by atoms with E-state index in [4.69, 9.17) is 9.47 Å². The Balaban J connectivity index is 2.14. The molecule has 0 saturated carbocycles. The molecule has 3 aromatic carbocycles. The van der Waals surface area contributed by atoms with Crippen LogP contribution >= 0.6 is 0 Å². The molecule has 0 amide bonds. The summed E-state index contributed by atoms with van der Waals surface area (Å²) in [5.74, 6) is 1.51. The van der Waals surface area contributed by atoms with Gasteiger partial charge in [0.1, 0.15) is 11.5 Å². The Labute approximate surface area is 144 Å². The van der Waals surface area contributed by atoms with Crippen LogP contribution in [0.25, 0.3) is 27.4 Å². The Bertz CT molecular complexity index is 1130. The second-order valence-electron chi connectivity index (χ2n) is 5.77. The molecule has 0 unspecified atom stereocenters. The van der Waals surface area contributed by atoms with Gasteiger partial charge in [-0.25, -0.2) is 0 Å². The minimum Gasteiger partial charge on any atom is -0.497 e. The van der Waals surface area contributed by atoms with Gasteiger partial charge in [0, 0.05) is 16.5 Å². The minimum atomic E-state index is -0.0431. The van der Waals surface area contributed by atoms with E-state index >= 15 is 0 Å². The van der Waals surface area contributed by atoms with E-state index in [1.807, 2.05) is 66.7 Å². The van der Waals surface area contributed by atoms with Crippen LogP contribution in [0.1, 0.15) is 0 Å². The molecule has 0 aliphatic heterocycles. The highest BCUT2D eigenvalue weighted by Gasteiger charge is 2.12. The first-order valence-corrected chi connectivity index (χ1v) is 7.99. The molecule has 0 bridgehead atoms. The van der Waals surface area contributed by atoms with Gasteiger partial charge in [0.15, 0.2) is 0 Å². The topological polar surface area (TPSA) is 40.5 Å². The zero-order valence-electron chi connectivity index (χ0n) is 14.0. The number of nitrogens with zero attached hydrogens (tertiary/aromatic N) is 1. The highest BCUT2D eigenvalue weighted by atomic mass is 16.5. The zero-order chi connectivity index (χ0) is 17.4. The lowest BCUT2D eigenvalue weighted by Gasteiger charge is -2.14. The van der Waals surface area contributed by atoms with Crippen LogP contribution in [0, 0.1) is 0 Å². The number of methoxy groups -OCH3 is 2. The first-order chi connectivity index (χ1) is 12.2. The van der Waals surface area contributed by atoms with Crippen molar-refractivity contribution in [2.75, 3.05) is 14.2 Å². The molecular formula is C21H17NO3. The molecule has 0 aliphatic rings. The third-order valence-electron chi connectivity index (χ3n) is 4.43. The van der Waals surface area contributed by atoms with Gasteiger partial charge in [-0.05, 0) is 53.9 Å². The molecule has 0 aliphatic carbocycles. The first-order valence-electron chi connectivity index (χ1n) is 7.99. The normalized spacial score (nSPS) is 11.0. The van der Waals surface area contributed by atoms with E-state index in [0.717, 1.165) is 33.5 Å². The number of aromatic nitrogens is 1. The Hall–Kier alpha value is -3.27. The van der Waals surface area contributed by atoms with Crippen molar-refractivity contribution in [1.29, 1.82) is 0 Å². The molecule has 0 radical (unpaired) electrons. The first kappa shape index (κ1) is 15.3. The molecule has 4 heteroatoms. The summed E-state index contributed by atoms with van der Waals surface area (Å²) in [6, 6.07) is 20.9. The summed E-state index contributed by atoms with van der Waals surface area (Å²) in [5, 5.41) is 2.58. The molecule has 1 aromatic heterocycles. The number of benzene rings is 3. The summed E-state index contributed by atoms with van der Waals surface area (Å²) in [5.41, 5.74) is 1.60. The number of ether oxygens (including phenoxy) is 2. The Morgan fingerprint density at radius 3 is 2.04 bits per heavy atom. The van der Waals surface area contributed by atoms with Gasteiger partial charge in [0.2, 0.25) is 0 Å². The number of rotatable bonds is 3. The fourth-order valence-corrected chi connectivity index (χ4v) is 3.17. The van der Waals surface area contributed by atoms with Gasteiger partial charge in [-0.2, -0.15) is 0 Å². The van der Waals surface area contributed by atoms with E-state index in [9.17, 15) is 4.79 Å². The van der Waals surface area contributed by atoms with Gasteiger partial charge < -0.3 is 9.47 Å². The highest BCUT2D eigenvalue weighted by Crippen LogP contribution is 2.28. The fourth-order valence-electron chi connectivity index (χ4n) is 3.17. The third kappa shape index (κ3) is 2.43. The van der Waals surface area contributed by atoms with Crippen LogP contribution in [0.4, 0.5) is 0 Å². The van der Waals surface area contributed by atoms with Gasteiger partial charge in [0.25, 0.3) is 5.56 Å². The van der Waals surface area contributed by atoms with Crippen LogP contribution in [0.2, 0.25) is 0 Å². The SMILES string of the molecule is COc1ccc(-n2c(=O)c3ccccc3c3cc(OC)ccc32)cc1.